The smallest absolute Gasteiger partial charge is 0.243 e. The van der Waals surface area contributed by atoms with Crippen molar-refractivity contribution in [2.24, 2.45) is 5.92 Å². The molecule has 1 aromatic heterocycles. The molecule has 0 spiro atoms. The number of aryl methyl sites for hydroxylation is 1. The first-order valence-corrected chi connectivity index (χ1v) is 11.3. The second-order valence-electron chi connectivity index (χ2n) is 7.18. The fourth-order valence-electron chi connectivity index (χ4n) is 3.69. The van der Waals surface area contributed by atoms with Crippen LogP contribution in [0.2, 0.25) is 10.0 Å². The van der Waals surface area contributed by atoms with Gasteiger partial charge in [0.15, 0.2) is 11.5 Å². The third-order valence-electron chi connectivity index (χ3n) is 5.23. The van der Waals surface area contributed by atoms with Crippen LogP contribution in [0, 0.1) is 33.2 Å². The number of halogens is 3. The summed E-state index contributed by atoms with van der Waals surface area (Å²) in [6, 6.07) is 11.2. The Kier molecular flexibility index (Phi) is 6.51. The van der Waals surface area contributed by atoms with Gasteiger partial charge in [0.1, 0.15) is 12.5 Å². The molecule has 2 atom stereocenters. The summed E-state index contributed by atoms with van der Waals surface area (Å²) in [6.45, 7) is 2.09. The van der Waals surface area contributed by atoms with Gasteiger partial charge in [-0.3, -0.25) is 10.5 Å². The first kappa shape index (κ1) is 22.7. The van der Waals surface area contributed by atoms with E-state index in [2.05, 4.69) is 38.9 Å². The fourth-order valence-corrected chi connectivity index (χ4v) is 4.93. The molecule has 0 saturated carbocycles. The molecule has 0 amide bonds. The van der Waals surface area contributed by atoms with E-state index in [1.807, 2.05) is 25.1 Å². The van der Waals surface area contributed by atoms with Gasteiger partial charge in [-0.05, 0) is 59.3 Å². The number of aromatic amines is 1. The number of benzene rings is 2. The molecule has 2 aromatic carbocycles. The zero-order valence-corrected chi connectivity index (χ0v) is 20.7. The van der Waals surface area contributed by atoms with Crippen LogP contribution in [0.3, 0.4) is 0 Å². The maximum Gasteiger partial charge on any atom is 0.243 e. The van der Waals surface area contributed by atoms with Gasteiger partial charge in [-0.25, -0.2) is 0 Å². The molecule has 0 radical (unpaired) electrons. The van der Waals surface area contributed by atoms with Gasteiger partial charge in [0, 0.05) is 32.8 Å². The molecule has 4 rings (SSSR count). The maximum atomic E-state index is 9.77. The van der Waals surface area contributed by atoms with Crippen molar-refractivity contribution in [3.05, 3.63) is 66.3 Å². The summed E-state index contributed by atoms with van der Waals surface area (Å²) in [4.78, 5) is 0. The largest absolute Gasteiger partial charge is 0.493 e. The maximum absolute atomic E-state index is 9.77. The van der Waals surface area contributed by atoms with Crippen LogP contribution in [-0.4, -0.2) is 23.2 Å². The number of rotatable bonds is 5. The third kappa shape index (κ3) is 4.12. The van der Waals surface area contributed by atoms with Crippen LogP contribution in [0.15, 0.2) is 30.3 Å². The van der Waals surface area contributed by atoms with Crippen molar-refractivity contribution >= 4 is 51.7 Å². The van der Waals surface area contributed by atoms with Crippen molar-refractivity contribution in [3.8, 4) is 23.4 Å². The number of H-pyrrole nitrogens is 1. The number of fused-ring (bicyclic) bond motifs is 1. The highest BCUT2D eigenvalue weighted by Crippen LogP contribution is 2.46. The van der Waals surface area contributed by atoms with Gasteiger partial charge in [0.05, 0.1) is 16.7 Å². The molecule has 0 fully saturated rings. The summed E-state index contributed by atoms with van der Waals surface area (Å²) < 4.78 is 17.9. The second kappa shape index (κ2) is 9.17. The van der Waals surface area contributed by atoms with Crippen LogP contribution in [0.4, 0.5) is 0 Å². The van der Waals surface area contributed by atoms with Crippen LogP contribution in [0.25, 0.3) is 0 Å². The molecular weight excluding hydrogens is 566 g/mol. The van der Waals surface area contributed by atoms with E-state index in [0.717, 1.165) is 26.0 Å². The Morgan fingerprint density at radius 2 is 2.09 bits per heavy atom. The molecule has 2 heterocycles. The number of hydrogen-bond donors (Lipinski definition) is 2. The Morgan fingerprint density at radius 1 is 1.31 bits per heavy atom. The van der Waals surface area contributed by atoms with E-state index >= 15 is 0 Å². The lowest BCUT2D eigenvalue weighted by Crippen LogP contribution is -2.31. The molecule has 164 valence electrons. The van der Waals surface area contributed by atoms with Crippen molar-refractivity contribution in [1.29, 1.82) is 10.7 Å². The second-order valence-corrected chi connectivity index (χ2v) is 9.18. The minimum absolute atomic E-state index is 0.136. The molecule has 2 N–H and O–H groups in total. The van der Waals surface area contributed by atoms with E-state index in [4.69, 9.17) is 42.8 Å². The highest BCUT2D eigenvalue weighted by atomic mass is 127. The van der Waals surface area contributed by atoms with E-state index in [1.165, 1.54) is 0 Å². The number of nitriles is 1. The number of hydrogen-bond acceptors (Lipinski definition) is 6. The minimum atomic E-state index is -0.793. The van der Waals surface area contributed by atoms with Gasteiger partial charge in [0.2, 0.25) is 11.8 Å². The number of ether oxygens (including phenoxy) is 3. The van der Waals surface area contributed by atoms with Crippen LogP contribution >= 0.6 is 45.8 Å². The molecule has 1 aliphatic heterocycles. The lowest BCUT2D eigenvalue weighted by molar-refractivity contribution is 0.282. The molecule has 32 heavy (non-hydrogen) atoms. The van der Waals surface area contributed by atoms with Crippen molar-refractivity contribution in [1.82, 2.24) is 10.2 Å². The summed E-state index contributed by atoms with van der Waals surface area (Å²) in [7, 11) is 1.56. The Morgan fingerprint density at radius 3 is 2.78 bits per heavy atom. The highest BCUT2D eigenvalue weighted by Gasteiger charge is 2.40. The Labute approximate surface area is 208 Å². The molecule has 0 bridgehead atoms. The van der Waals surface area contributed by atoms with Crippen LogP contribution in [0.1, 0.15) is 28.3 Å². The van der Waals surface area contributed by atoms with E-state index in [1.54, 1.807) is 19.2 Å². The van der Waals surface area contributed by atoms with Crippen LogP contribution < -0.4 is 14.2 Å². The SMILES string of the molecule is COc1cc(C2c3c(n[nH]c3C)OC(=N)C2C#N)cc(I)c1OCc1ccc(Cl)cc1Cl. The van der Waals surface area contributed by atoms with Gasteiger partial charge in [-0.15, -0.1) is 5.10 Å². The summed E-state index contributed by atoms with van der Waals surface area (Å²) >= 11 is 14.4. The summed E-state index contributed by atoms with van der Waals surface area (Å²) in [5.41, 5.74) is 3.13. The number of methoxy groups -OCH3 is 1. The van der Waals surface area contributed by atoms with Gasteiger partial charge >= 0.3 is 0 Å². The quantitative estimate of drug-likeness (QED) is 0.367. The lowest BCUT2D eigenvalue weighted by atomic mass is 9.79. The molecule has 1 aliphatic rings. The first-order valence-electron chi connectivity index (χ1n) is 9.49. The predicted molar refractivity (Wildman–Crippen MR) is 129 cm³/mol. The standard InChI is InChI=1S/C22H17Cl2IN4O3/c1-10-18-19(14(8-26)21(27)32-22(18)29-28-10)12-5-16(25)20(17(6-12)30-2)31-9-11-3-4-13(23)7-15(11)24/h3-7,14,19,27H,9H2,1-2H3,(H,28,29). The molecular formula is C22H17Cl2IN4O3. The molecule has 3 aromatic rings. The summed E-state index contributed by atoms with van der Waals surface area (Å²) in [5.74, 6) is 0.0204. The van der Waals surface area contributed by atoms with Gasteiger partial charge < -0.3 is 14.2 Å². The number of nitrogens with one attached hydrogen (secondary N) is 2. The fraction of sp³-hybridized carbons (Fsp3) is 0.227. The first-order chi connectivity index (χ1) is 15.3. The van der Waals surface area contributed by atoms with Crippen LogP contribution in [0.5, 0.6) is 17.4 Å². The predicted octanol–water partition coefficient (Wildman–Crippen LogP) is 5.86. The summed E-state index contributed by atoms with van der Waals surface area (Å²) in [5, 5.41) is 26.0. The average molecular weight is 583 g/mol. The monoisotopic (exact) mass is 582 g/mol. The number of nitrogens with zero attached hydrogens (tertiary/aromatic N) is 2. The Bertz CT molecular complexity index is 1250. The van der Waals surface area contributed by atoms with Gasteiger partial charge in [-0.1, -0.05) is 29.3 Å². The van der Waals surface area contributed by atoms with Gasteiger partial charge in [0.25, 0.3) is 0 Å². The van der Waals surface area contributed by atoms with Crippen molar-refractivity contribution in [2.45, 2.75) is 19.4 Å². The topological polar surface area (TPSA) is 104 Å². The zero-order valence-electron chi connectivity index (χ0n) is 17.0. The van der Waals surface area contributed by atoms with Crippen molar-refractivity contribution in [2.75, 3.05) is 7.11 Å². The normalized spacial score (nSPS) is 17.3. The van der Waals surface area contributed by atoms with Crippen molar-refractivity contribution < 1.29 is 14.2 Å². The summed E-state index contributed by atoms with van der Waals surface area (Å²) in [6.07, 6.45) is 0. The number of aromatic nitrogens is 2. The third-order valence-corrected chi connectivity index (χ3v) is 6.62. The Hall–Kier alpha value is -2.48. The highest BCUT2D eigenvalue weighted by molar-refractivity contribution is 14.1. The van der Waals surface area contributed by atoms with E-state index < -0.39 is 11.8 Å². The average Bonchev–Trinajstić information content (AvgIpc) is 3.12. The van der Waals surface area contributed by atoms with E-state index in [0.29, 0.717) is 27.4 Å². The van der Waals surface area contributed by atoms with Crippen molar-refractivity contribution in [3.63, 3.8) is 0 Å². The molecule has 0 aliphatic carbocycles. The zero-order chi connectivity index (χ0) is 23.0. The lowest BCUT2D eigenvalue weighted by Gasteiger charge is -2.28. The van der Waals surface area contributed by atoms with Gasteiger partial charge in [-0.2, -0.15) is 5.26 Å². The molecule has 10 heteroatoms. The Balaban J connectivity index is 1.72. The molecule has 2 unspecified atom stereocenters. The van der Waals surface area contributed by atoms with E-state index in [9.17, 15) is 5.26 Å². The minimum Gasteiger partial charge on any atom is -0.493 e. The molecule has 7 nitrogen and oxygen atoms in total. The van der Waals surface area contributed by atoms with E-state index in [-0.39, 0.29) is 12.5 Å². The van der Waals surface area contributed by atoms with Crippen LogP contribution in [-0.2, 0) is 6.61 Å². The molecule has 0 saturated heterocycles.